The normalized spacial score (nSPS) is 11.9. The molecule has 0 saturated carbocycles. The minimum absolute atomic E-state index is 0. The predicted octanol–water partition coefficient (Wildman–Crippen LogP) is -0.743. The van der Waals surface area contributed by atoms with Gasteiger partial charge in [0.1, 0.15) is 12.4 Å². The van der Waals surface area contributed by atoms with E-state index in [1.54, 1.807) is 6.92 Å². The summed E-state index contributed by atoms with van der Waals surface area (Å²) in [4.78, 5) is 0. The third-order valence-corrected chi connectivity index (χ3v) is 4.59. The van der Waals surface area contributed by atoms with Gasteiger partial charge in [-0.2, -0.15) is 0 Å². The van der Waals surface area contributed by atoms with Gasteiger partial charge in [-0.1, -0.05) is 18.6 Å². The average molecular weight is 348 g/mol. The zero-order valence-corrected chi connectivity index (χ0v) is 16.3. The largest absolute Gasteiger partial charge is 1.00 e. The monoisotopic (exact) mass is 348 g/mol. The summed E-state index contributed by atoms with van der Waals surface area (Å²) in [6.07, 6.45) is 0.532. The van der Waals surface area contributed by atoms with Gasteiger partial charge in [0.05, 0.1) is 11.5 Å². The molecule has 21 heavy (non-hydrogen) atoms. The second kappa shape index (κ2) is 8.93. The Morgan fingerprint density at radius 2 is 1.81 bits per heavy atom. The number of hydrogen-bond donors (Lipinski definition) is 0. The van der Waals surface area contributed by atoms with Crippen LogP contribution in [0.1, 0.15) is 18.9 Å². The van der Waals surface area contributed by atoms with Crippen molar-refractivity contribution in [2.75, 3.05) is 18.1 Å². The van der Waals surface area contributed by atoms with E-state index in [1.807, 2.05) is 0 Å². The third-order valence-electron chi connectivity index (χ3n) is 2.77. The first kappa shape index (κ1) is 21.5. The van der Waals surface area contributed by atoms with Crippen molar-refractivity contribution < 1.29 is 77.5 Å². The van der Waals surface area contributed by atoms with E-state index in [0.29, 0.717) is 6.42 Å². The van der Waals surface area contributed by atoms with Crippen LogP contribution in [0.25, 0.3) is 0 Å². The quantitative estimate of drug-likeness (QED) is 0.610. The van der Waals surface area contributed by atoms with E-state index < -0.39 is 22.3 Å². The fourth-order valence-electron chi connectivity index (χ4n) is 1.80. The van der Waals surface area contributed by atoms with Crippen molar-refractivity contribution in [3.8, 4) is 5.75 Å². The Bertz CT molecular complexity index is 561. The molecule has 0 atom stereocenters. The molecule has 1 aromatic carbocycles. The molecule has 0 aliphatic heterocycles. The van der Waals surface area contributed by atoms with Crippen LogP contribution in [-0.2, 0) is 9.84 Å². The fraction of sp³-hybridized carbons (Fsp3) is 0.500. The van der Waals surface area contributed by atoms with Gasteiger partial charge in [-0.25, -0.2) is 8.42 Å². The van der Waals surface area contributed by atoms with Gasteiger partial charge < -0.3 is 17.7 Å². The van der Waals surface area contributed by atoms with E-state index in [2.05, 4.69) is 0 Å². The molecular weight excluding hydrogens is 331 g/mol. The Labute approximate surface area is 166 Å². The van der Waals surface area contributed by atoms with Gasteiger partial charge >= 0.3 is 58.4 Å². The first-order chi connectivity index (χ1) is 9.15. The van der Waals surface area contributed by atoms with Crippen molar-refractivity contribution in [2.45, 2.75) is 20.3 Å². The minimum Gasteiger partial charge on any atom is -0.493 e. The molecule has 0 N–H and O–H groups in total. The summed E-state index contributed by atoms with van der Waals surface area (Å²) in [6.45, 7) is -1.98. The van der Waals surface area contributed by atoms with Crippen molar-refractivity contribution in [1.29, 1.82) is 0 Å². The first-order valence-electron chi connectivity index (χ1n) is 6.29. The van der Waals surface area contributed by atoms with Crippen LogP contribution in [0.2, 0.25) is 0 Å². The standard InChI is InChI=1S/C12H17BF3O3S.K/c1-3-7-20(17,18)8-6-19-11-4-5-12(10(2)9-11)13(14,15)16;/h4-5,9H,3,6-8H2,1-2H3;/q-1;+1. The van der Waals surface area contributed by atoms with Crippen LogP contribution >= 0.6 is 0 Å². The van der Waals surface area contributed by atoms with Crippen LogP contribution in [-0.4, -0.2) is 33.5 Å². The molecule has 0 aliphatic carbocycles. The number of aryl methyl sites for hydroxylation is 1. The summed E-state index contributed by atoms with van der Waals surface area (Å²) >= 11 is 0. The topological polar surface area (TPSA) is 43.4 Å². The average Bonchev–Trinajstić information content (AvgIpc) is 2.26. The smallest absolute Gasteiger partial charge is 0.493 e. The van der Waals surface area contributed by atoms with Gasteiger partial charge in [0, 0.05) is 0 Å². The number of benzene rings is 1. The molecule has 0 spiro atoms. The summed E-state index contributed by atoms with van der Waals surface area (Å²) in [5, 5.41) is 0. The van der Waals surface area contributed by atoms with E-state index in [-0.39, 0.29) is 80.8 Å². The summed E-state index contributed by atoms with van der Waals surface area (Å²) in [6, 6.07) is 3.45. The number of halogens is 3. The summed E-state index contributed by atoms with van der Waals surface area (Å²) in [7, 11) is -3.15. The van der Waals surface area contributed by atoms with Gasteiger partial charge in [-0.05, 0) is 25.5 Å². The SMILES string of the molecule is CCCS(=O)(=O)CCOc1ccc([B-](F)(F)F)c(C)c1.[K+]. The first-order valence-corrected chi connectivity index (χ1v) is 8.11. The zero-order chi connectivity index (χ0) is 15.4. The van der Waals surface area contributed by atoms with Gasteiger partial charge in [0.25, 0.3) is 0 Å². The molecule has 1 aromatic rings. The van der Waals surface area contributed by atoms with Crippen LogP contribution in [0.5, 0.6) is 5.75 Å². The molecule has 9 heteroatoms. The maximum atomic E-state index is 12.6. The number of ether oxygens (including phenoxy) is 1. The molecule has 3 nitrogen and oxygen atoms in total. The summed E-state index contributed by atoms with van der Waals surface area (Å²) in [5.74, 6) is 0.202. The summed E-state index contributed by atoms with van der Waals surface area (Å²) < 4.78 is 65.9. The van der Waals surface area contributed by atoms with E-state index in [4.69, 9.17) is 4.74 Å². The maximum Gasteiger partial charge on any atom is 1.00 e. The molecule has 0 aliphatic rings. The maximum absolute atomic E-state index is 12.6. The Hall–Kier alpha value is 0.461. The molecule has 1 rings (SSSR count). The molecule has 0 bridgehead atoms. The minimum atomic E-state index is -5.04. The molecule has 0 aromatic heterocycles. The Kier molecular flexibility index (Phi) is 9.12. The number of rotatable bonds is 7. The van der Waals surface area contributed by atoms with Crippen molar-refractivity contribution in [3.63, 3.8) is 0 Å². The van der Waals surface area contributed by atoms with Crippen LogP contribution in [0, 0.1) is 6.92 Å². The van der Waals surface area contributed by atoms with Crippen LogP contribution < -0.4 is 61.6 Å². The molecular formula is C12H17BF3KO3S. The number of hydrogen-bond acceptors (Lipinski definition) is 3. The van der Waals surface area contributed by atoms with E-state index in [0.717, 1.165) is 6.07 Å². The second-order valence-corrected chi connectivity index (χ2v) is 6.90. The molecule has 0 radical (unpaired) electrons. The molecule has 0 saturated heterocycles. The van der Waals surface area contributed by atoms with Crippen molar-refractivity contribution in [2.24, 2.45) is 0 Å². The number of sulfone groups is 1. The van der Waals surface area contributed by atoms with Crippen molar-refractivity contribution >= 4 is 22.3 Å². The van der Waals surface area contributed by atoms with Crippen LogP contribution in [0.4, 0.5) is 12.9 Å². The fourth-order valence-corrected chi connectivity index (χ4v) is 2.97. The Morgan fingerprint density at radius 1 is 1.19 bits per heavy atom. The van der Waals surface area contributed by atoms with Gasteiger partial charge in [0.15, 0.2) is 9.84 Å². The summed E-state index contributed by atoms with van der Waals surface area (Å²) in [5.41, 5.74) is -0.581. The van der Waals surface area contributed by atoms with Crippen LogP contribution in [0.3, 0.4) is 0 Å². The van der Waals surface area contributed by atoms with Gasteiger partial charge in [0.2, 0.25) is 0 Å². The van der Waals surface area contributed by atoms with Crippen molar-refractivity contribution in [1.82, 2.24) is 0 Å². The van der Waals surface area contributed by atoms with Crippen molar-refractivity contribution in [3.05, 3.63) is 23.8 Å². The second-order valence-electron chi connectivity index (χ2n) is 4.59. The molecule has 114 valence electrons. The zero-order valence-electron chi connectivity index (χ0n) is 12.4. The molecule has 0 unspecified atom stereocenters. The molecule has 0 fully saturated rings. The molecule has 0 heterocycles. The van der Waals surface area contributed by atoms with Crippen LogP contribution in [0.15, 0.2) is 18.2 Å². The van der Waals surface area contributed by atoms with E-state index >= 15 is 0 Å². The molecule has 0 amide bonds. The van der Waals surface area contributed by atoms with E-state index in [1.165, 1.54) is 19.1 Å². The predicted molar refractivity (Wildman–Crippen MR) is 74.3 cm³/mol. The van der Waals surface area contributed by atoms with Gasteiger partial charge in [-0.3, -0.25) is 0 Å². The Morgan fingerprint density at radius 3 is 2.29 bits per heavy atom. The van der Waals surface area contributed by atoms with Gasteiger partial charge in [-0.15, -0.1) is 5.46 Å². The Balaban J connectivity index is 0.00000400. The third kappa shape index (κ3) is 7.52. The van der Waals surface area contributed by atoms with E-state index in [9.17, 15) is 21.4 Å².